The molecule has 0 aromatic heterocycles. The van der Waals surface area contributed by atoms with Crippen LogP contribution in [0.25, 0.3) is 0 Å². The minimum absolute atomic E-state index is 0.0788. The maximum atomic E-state index is 12.5. The van der Waals surface area contributed by atoms with Crippen molar-refractivity contribution >= 4 is 11.6 Å². The fraction of sp³-hybridized carbons (Fsp3) is 0.618. The number of hydrogen-bond acceptors (Lipinski definition) is 7. The van der Waals surface area contributed by atoms with Gasteiger partial charge in [0.1, 0.15) is 6.23 Å². The first-order valence-electron chi connectivity index (χ1n) is 15.2. The standard InChI is InChI=1S/C34H52N2O6/c1-33(2,25-42-26-34(3,4)24-41-21-20-39-5)23-40-19-17-31(37)35-18-16-32(38)36-22-29-12-7-6-10-27(29)14-15-28-11-8-9-13-30(28)36/h6-13,32,38H,14-26H2,1-5H3,(H,35,37). The average molecular weight is 585 g/mol. The van der Waals surface area contributed by atoms with Crippen molar-refractivity contribution in [1.82, 2.24) is 5.32 Å². The number of rotatable bonds is 18. The molecule has 0 aliphatic carbocycles. The van der Waals surface area contributed by atoms with Crippen LogP contribution in [0.15, 0.2) is 48.5 Å². The summed E-state index contributed by atoms with van der Waals surface area (Å²) in [5.74, 6) is -0.0788. The summed E-state index contributed by atoms with van der Waals surface area (Å²) in [4.78, 5) is 14.5. The highest BCUT2D eigenvalue weighted by Gasteiger charge is 2.24. The second-order valence-electron chi connectivity index (χ2n) is 12.8. The highest BCUT2D eigenvalue weighted by molar-refractivity contribution is 5.75. The minimum atomic E-state index is -0.712. The smallest absolute Gasteiger partial charge is 0.222 e. The maximum absolute atomic E-state index is 12.5. The lowest BCUT2D eigenvalue weighted by molar-refractivity contribution is -0.122. The largest absolute Gasteiger partial charge is 0.382 e. The third-order valence-electron chi connectivity index (χ3n) is 7.38. The number of amides is 1. The fourth-order valence-electron chi connectivity index (χ4n) is 5.04. The normalized spacial score (nSPS) is 14.5. The molecule has 3 rings (SSSR count). The molecule has 0 saturated carbocycles. The monoisotopic (exact) mass is 584 g/mol. The number of aryl methyl sites for hydroxylation is 2. The number of hydrogen-bond donors (Lipinski definition) is 2. The van der Waals surface area contributed by atoms with Gasteiger partial charge in [-0.2, -0.15) is 0 Å². The van der Waals surface area contributed by atoms with Crippen molar-refractivity contribution in [2.75, 3.05) is 64.8 Å². The van der Waals surface area contributed by atoms with E-state index >= 15 is 0 Å². The molecule has 1 amide bonds. The summed E-state index contributed by atoms with van der Waals surface area (Å²) in [6, 6.07) is 16.7. The molecule has 0 radical (unpaired) electrons. The van der Waals surface area contributed by atoms with Gasteiger partial charge in [0.2, 0.25) is 5.91 Å². The number of carbonyl (C=O) groups excluding carboxylic acids is 1. The Balaban J connectivity index is 1.35. The molecule has 0 spiro atoms. The van der Waals surface area contributed by atoms with Crippen molar-refractivity contribution in [3.05, 3.63) is 65.2 Å². The first kappa shape index (κ1) is 34.0. The van der Waals surface area contributed by atoms with Crippen LogP contribution in [0.1, 0.15) is 57.2 Å². The van der Waals surface area contributed by atoms with Crippen molar-refractivity contribution in [2.24, 2.45) is 10.8 Å². The van der Waals surface area contributed by atoms with E-state index in [1.54, 1.807) is 7.11 Å². The molecule has 0 saturated heterocycles. The molecule has 2 aromatic carbocycles. The summed E-state index contributed by atoms with van der Waals surface area (Å²) in [7, 11) is 1.66. The molecule has 2 aromatic rings. The van der Waals surface area contributed by atoms with Crippen LogP contribution in [0, 0.1) is 10.8 Å². The Morgan fingerprint density at radius 2 is 1.40 bits per heavy atom. The van der Waals surface area contributed by atoms with Crippen molar-refractivity contribution < 1.29 is 28.8 Å². The molecule has 1 aliphatic heterocycles. The van der Waals surface area contributed by atoms with E-state index in [9.17, 15) is 9.90 Å². The zero-order chi connectivity index (χ0) is 30.4. The second-order valence-corrected chi connectivity index (χ2v) is 12.8. The molecule has 1 atom stereocenters. The lowest BCUT2D eigenvalue weighted by atomic mass is 9.94. The molecule has 8 heteroatoms. The Kier molecular flexibility index (Phi) is 13.7. The minimum Gasteiger partial charge on any atom is -0.382 e. The molecule has 8 nitrogen and oxygen atoms in total. The molecule has 42 heavy (non-hydrogen) atoms. The molecule has 1 aliphatic rings. The number of benzene rings is 2. The predicted octanol–water partition coefficient (Wildman–Crippen LogP) is 4.76. The first-order valence-corrected chi connectivity index (χ1v) is 15.2. The molecule has 0 bridgehead atoms. The van der Waals surface area contributed by atoms with Gasteiger partial charge >= 0.3 is 0 Å². The highest BCUT2D eigenvalue weighted by atomic mass is 16.5. The zero-order valence-electron chi connectivity index (χ0n) is 26.3. The van der Waals surface area contributed by atoms with Crippen LogP contribution >= 0.6 is 0 Å². The SMILES string of the molecule is COCCOCC(C)(C)COCC(C)(C)COCCC(=O)NCCC(O)N1Cc2ccccc2CCc2ccccc21. The zero-order valence-corrected chi connectivity index (χ0v) is 26.3. The number of para-hydroxylation sites is 1. The van der Waals surface area contributed by atoms with Gasteiger partial charge in [0.05, 0.1) is 46.2 Å². The number of aliphatic hydroxyl groups excluding tert-OH is 1. The average Bonchev–Trinajstić information content (AvgIpc) is 2.94. The van der Waals surface area contributed by atoms with E-state index < -0.39 is 6.23 Å². The van der Waals surface area contributed by atoms with Crippen LogP contribution in [-0.2, 0) is 43.1 Å². The van der Waals surface area contributed by atoms with Crippen LogP contribution in [0.4, 0.5) is 5.69 Å². The van der Waals surface area contributed by atoms with E-state index in [4.69, 9.17) is 18.9 Å². The molecule has 1 heterocycles. The molecular formula is C34H52N2O6. The topological polar surface area (TPSA) is 89.5 Å². The number of carbonyl (C=O) groups is 1. The number of fused-ring (bicyclic) bond motifs is 2. The van der Waals surface area contributed by atoms with Crippen molar-refractivity contribution in [1.29, 1.82) is 0 Å². The van der Waals surface area contributed by atoms with Crippen LogP contribution < -0.4 is 10.2 Å². The Morgan fingerprint density at radius 1 is 0.833 bits per heavy atom. The van der Waals surface area contributed by atoms with Crippen LogP contribution in [0.3, 0.4) is 0 Å². The number of anilines is 1. The summed E-state index contributed by atoms with van der Waals surface area (Å²) < 4.78 is 22.5. The van der Waals surface area contributed by atoms with E-state index in [2.05, 4.69) is 80.4 Å². The summed E-state index contributed by atoms with van der Waals surface area (Å²) in [5, 5.41) is 14.1. The fourth-order valence-corrected chi connectivity index (χ4v) is 5.04. The van der Waals surface area contributed by atoms with Gasteiger partial charge < -0.3 is 34.3 Å². The van der Waals surface area contributed by atoms with E-state index in [1.807, 2.05) is 6.07 Å². The number of nitrogens with zero attached hydrogens (tertiary/aromatic N) is 1. The Morgan fingerprint density at radius 3 is 2.10 bits per heavy atom. The molecule has 2 N–H and O–H groups in total. The lowest BCUT2D eigenvalue weighted by Crippen LogP contribution is -2.39. The van der Waals surface area contributed by atoms with Crippen LogP contribution in [-0.4, -0.2) is 77.1 Å². The van der Waals surface area contributed by atoms with E-state index in [-0.39, 0.29) is 23.2 Å². The van der Waals surface area contributed by atoms with Gasteiger partial charge in [-0.3, -0.25) is 4.79 Å². The van der Waals surface area contributed by atoms with Gasteiger partial charge in [-0.1, -0.05) is 70.2 Å². The van der Waals surface area contributed by atoms with Crippen molar-refractivity contribution in [3.63, 3.8) is 0 Å². The van der Waals surface area contributed by atoms with Gasteiger partial charge in [-0.15, -0.1) is 0 Å². The summed E-state index contributed by atoms with van der Waals surface area (Å²) in [5.41, 5.74) is 4.59. The first-order chi connectivity index (χ1) is 20.1. The molecular weight excluding hydrogens is 532 g/mol. The van der Waals surface area contributed by atoms with Gasteiger partial charge in [-0.05, 0) is 35.6 Å². The summed E-state index contributed by atoms with van der Waals surface area (Å²) in [6.45, 7) is 13.2. The Bertz CT molecular complexity index is 1090. The third-order valence-corrected chi connectivity index (χ3v) is 7.38. The van der Waals surface area contributed by atoms with Gasteiger partial charge in [0, 0.05) is 49.6 Å². The van der Waals surface area contributed by atoms with Gasteiger partial charge in [0.15, 0.2) is 0 Å². The Labute approximate surface area is 252 Å². The number of aliphatic hydroxyl groups is 1. The molecule has 0 fully saturated rings. The second kappa shape index (κ2) is 17.0. The maximum Gasteiger partial charge on any atom is 0.222 e. The lowest BCUT2D eigenvalue weighted by Gasteiger charge is -2.34. The molecule has 1 unspecified atom stereocenters. The summed E-state index contributed by atoms with van der Waals surface area (Å²) >= 11 is 0. The number of methoxy groups -OCH3 is 1. The Hall–Kier alpha value is -2.49. The quantitative estimate of drug-likeness (QED) is 0.244. The number of nitrogens with one attached hydrogen (secondary N) is 1. The van der Waals surface area contributed by atoms with E-state index in [0.29, 0.717) is 65.8 Å². The van der Waals surface area contributed by atoms with Crippen LogP contribution in [0.5, 0.6) is 0 Å². The summed E-state index contributed by atoms with van der Waals surface area (Å²) in [6.07, 6.45) is 1.91. The third kappa shape index (κ3) is 11.7. The van der Waals surface area contributed by atoms with E-state index in [1.165, 1.54) is 16.7 Å². The highest BCUT2D eigenvalue weighted by Crippen LogP contribution is 2.30. The van der Waals surface area contributed by atoms with Gasteiger partial charge in [0.25, 0.3) is 0 Å². The van der Waals surface area contributed by atoms with E-state index in [0.717, 1.165) is 18.5 Å². The van der Waals surface area contributed by atoms with Crippen LogP contribution in [0.2, 0.25) is 0 Å². The van der Waals surface area contributed by atoms with Gasteiger partial charge in [-0.25, -0.2) is 0 Å². The number of ether oxygens (including phenoxy) is 4. The van der Waals surface area contributed by atoms with Crippen molar-refractivity contribution in [3.8, 4) is 0 Å². The predicted molar refractivity (Wildman–Crippen MR) is 167 cm³/mol. The molecule has 234 valence electrons. The van der Waals surface area contributed by atoms with Crippen molar-refractivity contribution in [2.45, 2.75) is 66.2 Å².